The second kappa shape index (κ2) is 5.55. The molecule has 2 aromatic carbocycles. The van der Waals surface area contributed by atoms with Crippen LogP contribution in [0, 0.1) is 0 Å². The number of hydrogen-bond acceptors (Lipinski definition) is 3. The maximum absolute atomic E-state index is 13.1. The van der Waals surface area contributed by atoms with E-state index in [-0.39, 0.29) is 23.6 Å². The fourth-order valence-corrected chi connectivity index (χ4v) is 2.57. The molecular formula is C16H13F3N4O. The lowest BCUT2D eigenvalue weighted by molar-refractivity contribution is -0.138. The van der Waals surface area contributed by atoms with E-state index < -0.39 is 17.6 Å². The van der Waals surface area contributed by atoms with Crippen LogP contribution in [0.5, 0.6) is 0 Å². The summed E-state index contributed by atoms with van der Waals surface area (Å²) in [7, 11) is 0. The summed E-state index contributed by atoms with van der Waals surface area (Å²) >= 11 is 0. The van der Waals surface area contributed by atoms with Crippen molar-refractivity contribution in [3.05, 3.63) is 59.2 Å². The third-order valence-electron chi connectivity index (χ3n) is 3.71. The monoisotopic (exact) mass is 334 g/mol. The minimum absolute atomic E-state index is 0.0589. The zero-order chi connectivity index (χ0) is 17.5. The van der Waals surface area contributed by atoms with Gasteiger partial charge in [-0.2, -0.15) is 13.2 Å². The molecule has 0 unspecified atom stereocenters. The van der Waals surface area contributed by atoms with Crippen LogP contribution in [0.1, 0.15) is 21.5 Å². The lowest BCUT2D eigenvalue weighted by atomic mass is 10.1. The van der Waals surface area contributed by atoms with E-state index in [1.807, 2.05) is 0 Å². The van der Waals surface area contributed by atoms with Gasteiger partial charge in [0.25, 0.3) is 0 Å². The average Bonchev–Trinajstić information content (AvgIpc) is 2.82. The molecule has 8 heteroatoms. The summed E-state index contributed by atoms with van der Waals surface area (Å²) in [5.74, 6) is -0.559. The number of carbonyl (C=O) groups excluding carboxylic acids is 1. The fraction of sp³-hybridized carbons (Fsp3) is 0.125. The molecule has 0 aliphatic carbocycles. The SMILES string of the molecule is NC(=O)c1ccc2c(c1)nc(N)n2Cc1ccccc1C(F)(F)F. The molecule has 0 saturated heterocycles. The van der Waals surface area contributed by atoms with Gasteiger partial charge in [-0.3, -0.25) is 4.79 Å². The summed E-state index contributed by atoms with van der Waals surface area (Å²) in [6.45, 7) is -0.0894. The number of carbonyl (C=O) groups is 1. The zero-order valence-electron chi connectivity index (χ0n) is 12.3. The minimum atomic E-state index is -4.46. The predicted octanol–water partition coefficient (Wildman–Crippen LogP) is 2.78. The summed E-state index contributed by atoms with van der Waals surface area (Å²) in [5, 5.41) is 0. The van der Waals surface area contributed by atoms with Crippen LogP contribution < -0.4 is 11.5 Å². The van der Waals surface area contributed by atoms with Gasteiger partial charge in [-0.1, -0.05) is 18.2 Å². The molecule has 4 N–H and O–H groups in total. The quantitative estimate of drug-likeness (QED) is 0.772. The fourth-order valence-electron chi connectivity index (χ4n) is 2.57. The Hall–Kier alpha value is -3.03. The molecule has 0 radical (unpaired) electrons. The van der Waals surface area contributed by atoms with Crippen LogP contribution in [-0.4, -0.2) is 15.5 Å². The Morgan fingerprint density at radius 1 is 1.17 bits per heavy atom. The topological polar surface area (TPSA) is 86.9 Å². The molecule has 1 aromatic heterocycles. The van der Waals surface area contributed by atoms with E-state index in [9.17, 15) is 18.0 Å². The molecule has 0 spiro atoms. The molecule has 0 bridgehead atoms. The van der Waals surface area contributed by atoms with Crippen molar-refractivity contribution in [1.82, 2.24) is 9.55 Å². The average molecular weight is 334 g/mol. The highest BCUT2D eigenvalue weighted by atomic mass is 19.4. The molecule has 1 amide bonds. The number of aromatic nitrogens is 2. The molecule has 0 fully saturated rings. The van der Waals surface area contributed by atoms with Gasteiger partial charge < -0.3 is 16.0 Å². The van der Waals surface area contributed by atoms with E-state index >= 15 is 0 Å². The van der Waals surface area contributed by atoms with Crippen molar-refractivity contribution in [1.29, 1.82) is 0 Å². The second-order valence-electron chi connectivity index (χ2n) is 5.28. The molecule has 3 aromatic rings. The van der Waals surface area contributed by atoms with Crippen molar-refractivity contribution < 1.29 is 18.0 Å². The summed E-state index contributed by atoms with van der Waals surface area (Å²) in [4.78, 5) is 15.3. The van der Waals surface area contributed by atoms with E-state index in [1.165, 1.54) is 34.9 Å². The molecule has 0 atom stereocenters. The number of alkyl halides is 3. The van der Waals surface area contributed by atoms with Crippen molar-refractivity contribution in [2.45, 2.75) is 12.7 Å². The number of rotatable bonds is 3. The second-order valence-corrected chi connectivity index (χ2v) is 5.28. The number of nitrogens with zero attached hydrogens (tertiary/aromatic N) is 2. The number of hydrogen-bond donors (Lipinski definition) is 2. The Kier molecular flexibility index (Phi) is 3.67. The first-order chi connectivity index (χ1) is 11.3. The lowest BCUT2D eigenvalue weighted by Gasteiger charge is -2.14. The van der Waals surface area contributed by atoms with Crippen molar-refractivity contribution in [2.24, 2.45) is 5.73 Å². The van der Waals surface area contributed by atoms with Crippen LogP contribution in [-0.2, 0) is 12.7 Å². The van der Waals surface area contributed by atoms with Gasteiger partial charge in [0.1, 0.15) is 0 Å². The van der Waals surface area contributed by atoms with E-state index in [4.69, 9.17) is 11.5 Å². The summed E-state index contributed by atoms with van der Waals surface area (Å²) < 4.78 is 40.8. The number of amides is 1. The highest BCUT2D eigenvalue weighted by Crippen LogP contribution is 2.33. The van der Waals surface area contributed by atoms with Gasteiger partial charge in [0.05, 0.1) is 23.1 Å². The van der Waals surface area contributed by atoms with Crippen LogP contribution in [0.4, 0.5) is 19.1 Å². The van der Waals surface area contributed by atoms with E-state index in [0.29, 0.717) is 11.0 Å². The highest BCUT2D eigenvalue weighted by molar-refractivity contribution is 5.96. The van der Waals surface area contributed by atoms with Crippen LogP contribution >= 0.6 is 0 Å². The minimum Gasteiger partial charge on any atom is -0.369 e. The molecule has 0 aliphatic rings. The van der Waals surface area contributed by atoms with Gasteiger partial charge in [-0.25, -0.2) is 4.98 Å². The summed E-state index contributed by atoms with van der Waals surface area (Å²) in [6.07, 6.45) is -4.46. The first-order valence-corrected chi connectivity index (χ1v) is 6.98. The Morgan fingerprint density at radius 3 is 2.54 bits per heavy atom. The standard InChI is InChI=1S/C16H13F3N4O/c17-16(18,19)11-4-2-1-3-10(11)8-23-13-6-5-9(14(20)24)7-12(13)22-15(23)21/h1-7H,8H2,(H2,20,24)(H2,21,22). The van der Waals surface area contributed by atoms with Gasteiger partial charge in [0.2, 0.25) is 11.9 Å². The largest absolute Gasteiger partial charge is 0.416 e. The van der Waals surface area contributed by atoms with Crippen LogP contribution in [0.2, 0.25) is 0 Å². The molecule has 1 heterocycles. The molecular weight excluding hydrogens is 321 g/mol. The molecule has 3 rings (SSSR count). The van der Waals surface area contributed by atoms with Gasteiger partial charge in [-0.05, 0) is 29.8 Å². The first-order valence-electron chi connectivity index (χ1n) is 6.98. The van der Waals surface area contributed by atoms with Crippen LogP contribution in [0.15, 0.2) is 42.5 Å². The third kappa shape index (κ3) is 2.78. The Morgan fingerprint density at radius 2 is 1.88 bits per heavy atom. The highest BCUT2D eigenvalue weighted by Gasteiger charge is 2.33. The molecule has 5 nitrogen and oxygen atoms in total. The summed E-state index contributed by atoms with van der Waals surface area (Å²) in [5.41, 5.74) is 11.6. The van der Waals surface area contributed by atoms with Gasteiger partial charge in [-0.15, -0.1) is 0 Å². The van der Waals surface area contributed by atoms with Crippen LogP contribution in [0.25, 0.3) is 11.0 Å². The smallest absolute Gasteiger partial charge is 0.369 e. The van der Waals surface area contributed by atoms with E-state index in [0.717, 1.165) is 6.07 Å². The van der Waals surface area contributed by atoms with Crippen LogP contribution in [0.3, 0.4) is 0 Å². The molecule has 0 saturated carbocycles. The summed E-state index contributed by atoms with van der Waals surface area (Å²) in [6, 6.07) is 9.79. The number of halogens is 3. The maximum atomic E-state index is 13.1. The maximum Gasteiger partial charge on any atom is 0.416 e. The number of primary amides is 1. The Labute approximate surface area is 134 Å². The lowest BCUT2D eigenvalue weighted by Crippen LogP contribution is -2.13. The Balaban J connectivity index is 2.09. The van der Waals surface area contributed by atoms with Gasteiger partial charge in [0, 0.05) is 5.56 Å². The molecule has 124 valence electrons. The number of nitrogen functional groups attached to an aromatic ring is 1. The van der Waals surface area contributed by atoms with E-state index in [1.54, 1.807) is 6.07 Å². The molecule has 24 heavy (non-hydrogen) atoms. The molecule has 0 aliphatic heterocycles. The number of anilines is 1. The number of fused-ring (bicyclic) bond motifs is 1. The number of imidazole rings is 1. The van der Waals surface area contributed by atoms with Crippen molar-refractivity contribution in [3.63, 3.8) is 0 Å². The van der Waals surface area contributed by atoms with E-state index in [2.05, 4.69) is 4.98 Å². The van der Waals surface area contributed by atoms with Crippen molar-refractivity contribution in [2.75, 3.05) is 5.73 Å². The van der Waals surface area contributed by atoms with Gasteiger partial charge in [0.15, 0.2) is 0 Å². The number of nitrogens with two attached hydrogens (primary N) is 2. The van der Waals surface area contributed by atoms with Crippen molar-refractivity contribution >= 4 is 22.9 Å². The Bertz CT molecular complexity index is 931. The number of benzene rings is 2. The zero-order valence-corrected chi connectivity index (χ0v) is 12.3. The normalized spacial score (nSPS) is 11.8. The third-order valence-corrected chi connectivity index (χ3v) is 3.71. The van der Waals surface area contributed by atoms with Gasteiger partial charge >= 0.3 is 6.18 Å². The first kappa shape index (κ1) is 15.9. The van der Waals surface area contributed by atoms with Crippen molar-refractivity contribution in [3.8, 4) is 0 Å². The predicted molar refractivity (Wildman–Crippen MR) is 83.2 cm³/mol.